The first-order valence-corrected chi connectivity index (χ1v) is 6.09. The average Bonchev–Trinajstić information content (AvgIpc) is 2.69. The summed E-state index contributed by atoms with van der Waals surface area (Å²) >= 11 is 0. The van der Waals surface area contributed by atoms with Gasteiger partial charge in [-0.05, 0) is 32.3 Å². The molecule has 2 heteroatoms. The Hall–Kier alpha value is -1.44. The maximum atomic E-state index is 5.93. The maximum absolute atomic E-state index is 5.93. The molecule has 0 bridgehead atoms. The molecule has 1 aliphatic rings. The Labute approximate surface area is 95.9 Å². The van der Waals surface area contributed by atoms with E-state index in [0.717, 1.165) is 24.7 Å². The number of fused-ring (bicyclic) bond motifs is 1. The van der Waals surface area contributed by atoms with Gasteiger partial charge in [0.2, 0.25) is 5.88 Å². The molecule has 0 atom stereocenters. The molecule has 1 aliphatic heterocycles. The van der Waals surface area contributed by atoms with E-state index >= 15 is 0 Å². The summed E-state index contributed by atoms with van der Waals surface area (Å²) in [5.41, 5.74) is 0. The molecule has 16 heavy (non-hydrogen) atoms. The van der Waals surface area contributed by atoms with Crippen LogP contribution in [0.25, 0.3) is 10.8 Å². The largest absolute Gasteiger partial charge is 0.445 e. The van der Waals surface area contributed by atoms with Crippen LogP contribution in [-0.2, 0) is 0 Å². The smallest absolute Gasteiger partial charge is 0.203 e. The van der Waals surface area contributed by atoms with E-state index in [1.807, 2.05) is 0 Å². The van der Waals surface area contributed by atoms with E-state index in [9.17, 15) is 0 Å². The van der Waals surface area contributed by atoms with Gasteiger partial charge in [0.25, 0.3) is 0 Å². The number of rotatable bonds is 1. The molecule has 2 aromatic rings. The Balaban J connectivity index is 2.08. The molecule has 0 radical (unpaired) electrons. The Kier molecular flexibility index (Phi) is 2.35. The van der Waals surface area contributed by atoms with E-state index in [-0.39, 0.29) is 0 Å². The van der Waals surface area contributed by atoms with Crippen molar-refractivity contribution in [2.24, 2.45) is 0 Å². The summed E-state index contributed by atoms with van der Waals surface area (Å²) in [6.07, 6.45) is 3.93. The Bertz CT molecular complexity index is 494. The van der Waals surface area contributed by atoms with E-state index in [4.69, 9.17) is 4.42 Å². The van der Waals surface area contributed by atoms with Gasteiger partial charge in [0.05, 0.1) is 0 Å². The van der Waals surface area contributed by atoms with Gasteiger partial charge in [-0.25, -0.2) is 0 Å². The lowest BCUT2D eigenvalue weighted by Gasteiger charge is -2.26. The van der Waals surface area contributed by atoms with Gasteiger partial charge in [0, 0.05) is 23.9 Å². The maximum Gasteiger partial charge on any atom is 0.203 e. The minimum absolute atomic E-state index is 1.04. The lowest BCUT2D eigenvalue weighted by Crippen LogP contribution is -2.29. The van der Waals surface area contributed by atoms with Gasteiger partial charge in [-0.1, -0.05) is 18.2 Å². The monoisotopic (exact) mass is 215 g/mol. The third-order valence-electron chi connectivity index (χ3n) is 3.43. The second kappa shape index (κ2) is 3.85. The molecule has 2 nitrogen and oxygen atoms in total. The average molecular weight is 215 g/mol. The van der Waals surface area contributed by atoms with Crippen molar-refractivity contribution in [1.82, 2.24) is 0 Å². The molecule has 2 heterocycles. The molecule has 0 N–H and O–H groups in total. The van der Waals surface area contributed by atoms with Gasteiger partial charge in [0.15, 0.2) is 0 Å². The summed E-state index contributed by atoms with van der Waals surface area (Å²) in [5, 5.41) is 2.52. The molecule has 1 saturated heterocycles. The molecule has 0 amide bonds. The van der Waals surface area contributed by atoms with Crippen LogP contribution in [0.1, 0.15) is 25.0 Å². The quantitative estimate of drug-likeness (QED) is 0.720. The highest BCUT2D eigenvalue weighted by Gasteiger charge is 2.18. The number of anilines is 1. The van der Waals surface area contributed by atoms with Crippen molar-refractivity contribution >= 4 is 16.7 Å². The summed E-state index contributed by atoms with van der Waals surface area (Å²) in [7, 11) is 0. The predicted octanol–water partition coefficient (Wildman–Crippen LogP) is 3.73. The van der Waals surface area contributed by atoms with Crippen LogP contribution in [0, 0.1) is 6.92 Å². The number of hydrogen-bond donors (Lipinski definition) is 0. The van der Waals surface area contributed by atoms with Crippen LogP contribution < -0.4 is 4.90 Å². The SMILES string of the molecule is Cc1oc(N2CCCCC2)c2ccccc12. The van der Waals surface area contributed by atoms with E-state index in [1.165, 1.54) is 30.0 Å². The summed E-state index contributed by atoms with van der Waals surface area (Å²) in [5.74, 6) is 2.11. The lowest BCUT2D eigenvalue weighted by molar-refractivity contribution is 0.488. The molecular weight excluding hydrogens is 198 g/mol. The van der Waals surface area contributed by atoms with Crippen LogP contribution in [0.4, 0.5) is 5.88 Å². The zero-order valence-corrected chi connectivity index (χ0v) is 9.70. The van der Waals surface area contributed by atoms with Gasteiger partial charge in [-0.3, -0.25) is 0 Å². The minimum Gasteiger partial charge on any atom is -0.445 e. The van der Waals surface area contributed by atoms with Crippen molar-refractivity contribution in [1.29, 1.82) is 0 Å². The molecule has 1 aromatic carbocycles. The van der Waals surface area contributed by atoms with Crippen LogP contribution >= 0.6 is 0 Å². The summed E-state index contributed by atoms with van der Waals surface area (Å²) in [6.45, 7) is 4.32. The van der Waals surface area contributed by atoms with E-state index in [0.29, 0.717) is 0 Å². The van der Waals surface area contributed by atoms with E-state index < -0.39 is 0 Å². The van der Waals surface area contributed by atoms with Crippen molar-refractivity contribution < 1.29 is 4.42 Å². The normalized spacial score (nSPS) is 16.9. The minimum atomic E-state index is 1.04. The van der Waals surface area contributed by atoms with Crippen LogP contribution in [0.5, 0.6) is 0 Å². The molecule has 0 spiro atoms. The van der Waals surface area contributed by atoms with Crippen molar-refractivity contribution in [2.45, 2.75) is 26.2 Å². The van der Waals surface area contributed by atoms with Crippen molar-refractivity contribution in [3.8, 4) is 0 Å². The first-order valence-electron chi connectivity index (χ1n) is 6.09. The first-order chi connectivity index (χ1) is 7.86. The lowest BCUT2D eigenvalue weighted by atomic mass is 10.1. The summed E-state index contributed by atoms with van der Waals surface area (Å²) in [6, 6.07) is 8.47. The number of benzene rings is 1. The van der Waals surface area contributed by atoms with Crippen molar-refractivity contribution in [2.75, 3.05) is 18.0 Å². The van der Waals surface area contributed by atoms with Crippen LogP contribution in [0.2, 0.25) is 0 Å². The number of aryl methyl sites for hydroxylation is 1. The highest BCUT2D eigenvalue weighted by atomic mass is 16.4. The summed E-state index contributed by atoms with van der Waals surface area (Å²) in [4.78, 5) is 2.39. The standard InChI is InChI=1S/C14H17NO/c1-11-12-7-3-4-8-13(12)14(16-11)15-9-5-2-6-10-15/h3-4,7-8H,2,5-6,9-10H2,1H3. The van der Waals surface area contributed by atoms with E-state index in [1.54, 1.807) is 0 Å². The van der Waals surface area contributed by atoms with Gasteiger partial charge in [-0.2, -0.15) is 0 Å². The van der Waals surface area contributed by atoms with Gasteiger partial charge in [-0.15, -0.1) is 0 Å². The van der Waals surface area contributed by atoms with E-state index in [2.05, 4.69) is 36.1 Å². The number of nitrogens with zero attached hydrogens (tertiary/aromatic N) is 1. The number of piperidine rings is 1. The molecule has 3 rings (SSSR count). The fourth-order valence-electron chi connectivity index (χ4n) is 2.56. The Morgan fingerprint density at radius 1 is 1.00 bits per heavy atom. The molecule has 84 valence electrons. The predicted molar refractivity (Wildman–Crippen MR) is 67.0 cm³/mol. The molecule has 0 aliphatic carbocycles. The fraction of sp³-hybridized carbons (Fsp3) is 0.429. The molecule has 0 unspecified atom stereocenters. The van der Waals surface area contributed by atoms with Crippen molar-refractivity contribution in [3.05, 3.63) is 30.0 Å². The van der Waals surface area contributed by atoms with Gasteiger partial charge in [0.1, 0.15) is 5.76 Å². The summed E-state index contributed by atoms with van der Waals surface area (Å²) < 4.78 is 5.93. The third kappa shape index (κ3) is 1.49. The molecular formula is C14H17NO. The topological polar surface area (TPSA) is 16.4 Å². The van der Waals surface area contributed by atoms with Crippen LogP contribution in [-0.4, -0.2) is 13.1 Å². The zero-order chi connectivity index (χ0) is 11.0. The third-order valence-corrected chi connectivity index (χ3v) is 3.43. The fourth-order valence-corrected chi connectivity index (χ4v) is 2.56. The highest BCUT2D eigenvalue weighted by Crippen LogP contribution is 2.33. The van der Waals surface area contributed by atoms with Crippen LogP contribution in [0.15, 0.2) is 28.7 Å². The Morgan fingerprint density at radius 2 is 1.69 bits per heavy atom. The molecule has 1 aromatic heterocycles. The highest BCUT2D eigenvalue weighted by molar-refractivity contribution is 5.93. The van der Waals surface area contributed by atoms with Crippen molar-refractivity contribution in [3.63, 3.8) is 0 Å². The second-order valence-corrected chi connectivity index (χ2v) is 4.56. The second-order valence-electron chi connectivity index (χ2n) is 4.56. The van der Waals surface area contributed by atoms with Gasteiger partial charge >= 0.3 is 0 Å². The number of hydrogen-bond acceptors (Lipinski definition) is 2. The van der Waals surface area contributed by atoms with Crippen LogP contribution in [0.3, 0.4) is 0 Å². The van der Waals surface area contributed by atoms with Gasteiger partial charge < -0.3 is 9.32 Å². The molecule has 1 fully saturated rings. The zero-order valence-electron chi connectivity index (χ0n) is 9.70. The Morgan fingerprint density at radius 3 is 2.44 bits per heavy atom. The molecule has 0 saturated carbocycles. The number of furan rings is 1. The first kappa shape index (κ1) is 9.76.